The standard InChI is InChI=1S/C62H77N8O11.C2H6.Rb/c1-40-28-48-38-70(62(76)81-39-44-20-22-46(23-21-44)65-59(73)50(18-10-11-24-63)67-60(74)52(29-43-16-8-6-9-17-43)66-58(72)19-14-15-42(3)71)53-33-57(54(77-4)30-45(53)37-68(48)35-40)80-26-13-7-12-25-79-56-32-51-49(31-55(56)78-5)61(75)69-36-41(2)27-47(69)34-64-51;1-2;/h6,8-9,16-17,20-23,30-33,38,47-48,50,52,64H,1-2,7,10-15,18-19,24-29,34-37,39,63H2,3-5H3,(H,65,73)(H,66,72)(H,67,74);1-2H3;/q-1;;+1/t47?,48?,50?,52-;;/m0../s1. The van der Waals surface area contributed by atoms with Crippen molar-refractivity contribution in [2.24, 2.45) is 5.73 Å². The molecule has 446 valence electrons. The van der Waals surface area contributed by atoms with Crippen LogP contribution in [0.25, 0.3) is 0 Å². The second-order valence-electron chi connectivity index (χ2n) is 21.3. The Balaban J connectivity index is 0.00000373. The van der Waals surface area contributed by atoms with Crippen LogP contribution in [0.3, 0.4) is 0 Å². The van der Waals surface area contributed by atoms with E-state index in [0.29, 0.717) is 124 Å². The first-order valence-corrected chi connectivity index (χ1v) is 29.0. The van der Waals surface area contributed by atoms with E-state index < -0.39 is 30.0 Å². The van der Waals surface area contributed by atoms with Crippen molar-refractivity contribution in [1.29, 1.82) is 0 Å². The molecule has 0 bridgehead atoms. The summed E-state index contributed by atoms with van der Waals surface area (Å²) in [6, 6.07) is 21.6. The molecule has 0 spiro atoms. The molecular formula is C64H83N8O11Rb. The minimum absolute atomic E-state index is 0. The van der Waals surface area contributed by atoms with Crippen LogP contribution in [-0.4, -0.2) is 123 Å². The number of rotatable bonds is 27. The van der Waals surface area contributed by atoms with Crippen LogP contribution in [0.4, 0.5) is 21.9 Å². The van der Waals surface area contributed by atoms with Gasteiger partial charge in [-0.3, -0.25) is 19.2 Å². The van der Waals surface area contributed by atoms with Gasteiger partial charge in [0.1, 0.15) is 24.5 Å². The maximum absolute atomic E-state index is 14.2. The molecule has 20 heteroatoms. The molecule has 3 unspecified atom stereocenters. The molecular weight excluding hydrogens is 1140 g/mol. The molecule has 2 saturated heterocycles. The van der Waals surface area contributed by atoms with Crippen LogP contribution in [0.2, 0.25) is 0 Å². The first-order valence-electron chi connectivity index (χ1n) is 29.0. The summed E-state index contributed by atoms with van der Waals surface area (Å²) in [6.45, 7) is 19.3. The number of Topliss-reactive ketones (excluding diaryl/α,β-unsaturated/α-hetero) is 1. The summed E-state index contributed by atoms with van der Waals surface area (Å²) in [6.07, 6.45) is 5.57. The number of ketones is 1. The van der Waals surface area contributed by atoms with Gasteiger partial charge in [-0.1, -0.05) is 86.7 Å². The van der Waals surface area contributed by atoms with Crippen LogP contribution in [0, 0.1) is 6.54 Å². The molecule has 0 aliphatic carbocycles. The summed E-state index contributed by atoms with van der Waals surface area (Å²) >= 11 is 0. The predicted octanol–water partition coefficient (Wildman–Crippen LogP) is 6.05. The Labute approximate surface area is 543 Å². The third-order valence-electron chi connectivity index (χ3n) is 14.9. The van der Waals surface area contributed by atoms with E-state index in [4.69, 9.17) is 29.4 Å². The van der Waals surface area contributed by atoms with E-state index in [0.717, 1.165) is 53.6 Å². The zero-order valence-electron chi connectivity index (χ0n) is 49.9. The Morgan fingerprint density at radius 3 is 2.13 bits per heavy atom. The monoisotopic (exact) mass is 1220 g/mol. The molecule has 4 atom stereocenters. The van der Waals surface area contributed by atoms with Gasteiger partial charge in [0.15, 0.2) is 23.0 Å². The van der Waals surface area contributed by atoms with E-state index in [2.05, 4.69) is 39.3 Å². The molecule has 8 rings (SSSR count). The van der Waals surface area contributed by atoms with Crippen molar-refractivity contribution in [2.75, 3.05) is 69.1 Å². The van der Waals surface area contributed by atoms with Gasteiger partial charge < -0.3 is 70.2 Å². The Morgan fingerprint density at radius 1 is 0.750 bits per heavy atom. The van der Waals surface area contributed by atoms with Crippen LogP contribution < -0.4 is 109 Å². The fraction of sp³-hybridized carbons (Fsp3) is 0.453. The molecule has 5 amide bonds. The maximum atomic E-state index is 14.2. The van der Waals surface area contributed by atoms with Gasteiger partial charge in [0.2, 0.25) is 17.7 Å². The number of benzene rings is 4. The van der Waals surface area contributed by atoms with Crippen molar-refractivity contribution in [3.63, 3.8) is 0 Å². The Kier molecular flexibility index (Phi) is 26.8. The third-order valence-corrected chi connectivity index (χ3v) is 14.9. The molecule has 84 heavy (non-hydrogen) atoms. The van der Waals surface area contributed by atoms with Gasteiger partial charge in [-0.15, -0.1) is 0 Å². The maximum Gasteiger partial charge on any atom is 1.00 e. The number of hydrogen-bond acceptors (Lipinski definition) is 14. The average Bonchev–Trinajstić information content (AvgIpc) is 2.61. The minimum atomic E-state index is -0.966. The predicted molar refractivity (Wildman–Crippen MR) is 321 cm³/mol. The van der Waals surface area contributed by atoms with Crippen LogP contribution in [0.15, 0.2) is 103 Å². The molecule has 4 aliphatic rings. The van der Waals surface area contributed by atoms with Crippen LogP contribution in [0.5, 0.6) is 23.0 Å². The van der Waals surface area contributed by atoms with E-state index >= 15 is 0 Å². The summed E-state index contributed by atoms with van der Waals surface area (Å²) in [5.74, 6) is 0.710. The van der Waals surface area contributed by atoms with Crippen LogP contribution in [-0.2, 0) is 43.5 Å². The molecule has 2 fully saturated rings. The summed E-state index contributed by atoms with van der Waals surface area (Å²) in [4.78, 5) is 85.5. The number of ether oxygens (including phenoxy) is 5. The van der Waals surface area contributed by atoms with Gasteiger partial charge in [0.25, 0.3) is 5.91 Å². The molecule has 19 nitrogen and oxygen atoms in total. The number of nitrogens with zero attached hydrogens (tertiary/aromatic N) is 3. The Hall–Kier alpha value is -6.09. The summed E-state index contributed by atoms with van der Waals surface area (Å²) in [5, 5.41) is 12.1. The van der Waals surface area contributed by atoms with Crippen LogP contribution >= 0.6 is 0 Å². The number of unbranched alkanes of at least 4 members (excludes halogenated alkanes) is 3. The van der Waals surface area contributed by atoms with Gasteiger partial charge in [-0.2, -0.15) is 0 Å². The molecule has 4 heterocycles. The summed E-state index contributed by atoms with van der Waals surface area (Å²) in [7, 11) is 3.16. The molecule has 4 aromatic carbocycles. The minimum Gasteiger partial charge on any atom is -0.493 e. The van der Waals surface area contributed by atoms with Crippen molar-refractivity contribution >= 4 is 52.6 Å². The number of methoxy groups -OCH3 is 2. The topological polar surface area (TPSA) is 232 Å². The molecule has 0 saturated carbocycles. The van der Waals surface area contributed by atoms with E-state index in [9.17, 15) is 28.8 Å². The zero-order valence-corrected chi connectivity index (χ0v) is 54.8. The first kappa shape index (κ1) is 67.0. The fourth-order valence-electron chi connectivity index (χ4n) is 10.6. The SMILES string of the molecule is C=C1CC2[CH-]N(C(=O)OCc3ccc(NC(=O)C(CCCCN)NC(=O)[C@H](Cc4ccccc4)NC(=O)CCCC(C)=O)cc3)c3cc(OCCCCCOc4cc5c(cc4OC)C(=O)N4CC(=C)CC4CN5)c(OC)cc3CN2C1.CC.[Rb+]. The number of nitrogens with two attached hydrogens (primary N) is 1. The molecule has 6 N–H and O–H groups in total. The number of carbonyl (C=O) groups excluding carboxylic acids is 6. The van der Waals surface area contributed by atoms with Crippen molar-refractivity contribution < 1.29 is 111 Å². The van der Waals surface area contributed by atoms with Gasteiger partial charge >= 0.3 is 64.3 Å². The second-order valence-corrected chi connectivity index (χ2v) is 21.3. The first-order chi connectivity index (χ1) is 40.2. The van der Waals surface area contributed by atoms with E-state index in [1.807, 2.05) is 73.8 Å². The Bertz CT molecular complexity index is 2920. The fourth-order valence-corrected chi connectivity index (χ4v) is 10.6. The van der Waals surface area contributed by atoms with Gasteiger partial charge in [0.05, 0.1) is 44.7 Å². The Morgan fingerprint density at radius 2 is 1.44 bits per heavy atom. The third kappa shape index (κ3) is 18.7. The van der Waals surface area contributed by atoms with E-state index in [1.165, 1.54) is 6.92 Å². The second kappa shape index (κ2) is 33.6. The molecule has 0 radical (unpaired) electrons. The summed E-state index contributed by atoms with van der Waals surface area (Å²) < 4.78 is 30.0. The van der Waals surface area contributed by atoms with E-state index in [-0.39, 0.29) is 114 Å². The number of hydrogen-bond donors (Lipinski definition) is 5. The summed E-state index contributed by atoms with van der Waals surface area (Å²) in [5.41, 5.74) is 12.6. The number of nitrogens with one attached hydrogen (secondary N) is 4. The smallest absolute Gasteiger partial charge is 0.493 e. The largest absolute Gasteiger partial charge is 1.00 e. The van der Waals surface area contributed by atoms with E-state index in [1.54, 1.807) is 49.5 Å². The quantitative estimate of drug-likeness (QED) is 0.0260. The van der Waals surface area contributed by atoms with Gasteiger partial charge in [-0.05, 0) is 112 Å². The van der Waals surface area contributed by atoms with Crippen molar-refractivity contribution in [2.45, 2.75) is 135 Å². The number of anilines is 3. The van der Waals surface area contributed by atoms with Crippen LogP contribution in [0.1, 0.15) is 118 Å². The zero-order chi connectivity index (χ0) is 59.4. The molecule has 4 aromatic rings. The van der Waals surface area contributed by atoms with Crippen molar-refractivity contribution in [3.8, 4) is 23.0 Å². The van der Waals surface area contributed by atoms with Crippen molar-refractivity contribution in [3.05, 3.63) is 132 Å². The van der Waals surface area contributed by atoms with Gasteiger partial charge in [0, 0.05) is 68.9 Å². The average molecular weight is 1230 g/mol. The molecule has 0 aromatic heterocycles. The van der Waals surface area contributed by atoms with Gasteiger partial charge in [-0.25, -0.2) is 11.3 Å². The number of carbonyl (C=O) groups is 6. The normalized spacial score (nSPS) is 16.7. The number of fused-ring (bicyclic) bond motifs is 4. The molecule has 4 aliphatic heterocycles. The van der Waals surface area contributed by atoms with Crippen molar-refractivity contribution in [1.82, 2.24) is 20.4 Å². The number of amides is 5.